The third kappa shape index (κ3) is 3.37. The van der Waals surface area contributed by atoms with Gasteiger partial charge in [-0.15, -0.1) is 0 Å². The summed E-state index contributed by atoms with van der Waals surface area (Å²) in [6.45, 7) is 2.86. The molecule has 0 atom stereocenters. The molecular weight excluding hydrogens is 363 g/mol. The minimum Gasteiger partial charge on any atom is -0.384 e. The summed E-state index contributed by atoms with van der Waals surface area (Å²) in [6, 6.07) is 9.00. The average Bonchev–Trinajstić information content (AvgIpc) is 3.03. The number of anilines is 2. The second-order valence-electron chi connectivity index (χ2n) is 7.04. The summed E-state index contributed by atoms with van der Waals surface area (Å²) in [4.78, 5) is 27.7. The van der Waals surface area contributed by atoms with Gasteiger partial charge in [-0.1, -0.05) is 6.07 Å². The summed E-state index contributed by atoms with van der Waals surface area (Å²) < 4.78 is 13.5. The molecule has 2 aliphatic heterocycles. The zero-order chi connectivity index (χ0) is 19.7. The first-order chi connectivity index (χ1) is 13.5. The van der Waals surface area contributed by atoms with Crippen LogP contribution in [0, 0.1) is 15.9 Å². The summed E-state index contributed by atoms with van der Waals surface area (Å²) in [5.74, 6) is -0.652. The lowest BCUT2D eigenvalue weighted by Crippen LogP contribution is -2.35. The van der Waals surface area contributed by atoms with Crippen molar-refractivity contribution in [3.63, 3.8) is 0 Å². The van der Waals surface area contributed by atoms with Crippen LogP contribution in [0.4, 0.5) is 21.5 Å². The van der Waals surface area contributed by atoms with Gasteiger partial charge in [0.1, 0.15) is 11.5 Å². The van der Waals surface area contributed by atoms with Gasteiger partial charge in [0, 0.05) is 55.6 Å². The fourth-order valence-corrected chi connectivity index (χ4v) is 4.01. The number of nitrogens with one attached hydrogen (secondary N) is 1. The van der Waals surface area contributed by atoms with E-state index in [1.54, 1.807) is 23.1 Å². The van der Waals surface area contributed by atoms with Gasteiger partial charge in [-0.3, -0.25) is 14.9 Å². The van der Waals surface area contributed by atoms with Gasteiger partial charge in [0.2, 0.25) is 0 Å². The van der Waals surface area contributed by atoms with Crippen LogP contribution in [0.3, 0.4) is 0 Å². The second-order valence-corrected chi connectivity index (χ2v) is 7.04. The SMILES string of the molecule is O=C(c1cccc(F)c1)N1CCCN(c2c([N+](=O)[O-])ccc3c2CCN3)CC1. The van der Waals surface area contributed by atoms with Crippen molar-refractivity contribution in [2.75, 3.05) is 42.9 Å². The van der Waals surface area contributed by atoms with E-state index < -0.39 is 5.82 Å². The average molecular weight is 384 g/mol. The van der Waals surface area contributed by atoms with Crippen molar-refractivity contribution in [1.82, 2.24) is 4.90 Å². The van der Waals surface area contributed by atoms with E-state index in [4.69, 9.17) is 0 Å². The highest BCUT2D eigenvalue weighted by Gasteiger charge is 2.29. The molecule has 0 aromatic heterocycles. The van der Waals surface area contributed by atoms with Gasteiger partial charge in [-0.2, -0.15) is 0 Å². The molecule has 2 aliphatic rings. The van der Waals surface area contributed by atoms with E-state index in [9.17, 15) is 19.3 Å². The van der Waals surface area contributed by atoms with Crippen LogP contribution in [0.15, 0.2) is 36.4 Å². The van der Waals surface area contributed by atoms with Crippen molar-refractivity contribution in [2.45, 2.75) is 12.8 Å². The number of rotatable bonds is 3. The molecule has 1 amide bonds. The van der Waals surface area contributed by atoms with Gasteiger partial charge in [0.25, 0.3) is 11.6 Å². The molecule has 28 heavy (non-hydrogen) atoms. The Morgan fingerprint density at radius 2 is 2.00 bits per heavy atom. The molecule has 2 aromatic carbocycles. The van der Waals surface area contributed by atoms with E-state index in [2.05, 4.69) is 5.32 Å². The highest BCUT2D eigenvalue weighted by molar-refractivity contribution is 5.94. The minimum absolute atomic E-state index is 0.104. The number of benzene rings is 2. The molecule has 0 bridgehead atoms. The first-order valence-electron chi connectivity index (χ1n) is 9.38. The predicted octanol–water partition coefficient (Wildman–Crippen LogP) is 3.05. The molecule has 2 aromatic rings. The Hall–Kier alpha value is -3.16. The van der Waals surface area contributed by atoms with E-state index >= 15 is 0 Å². The molecule has 146 valence electrons. The van der Waals surface area contributed by atoms with Crippen LogP contribution in [-0.2, 0) is 6.42 Å². The lowest BCUT2D eigenvalue weighted by Gasteiger charge is -2.25. The summed E-state index contributed by atoms with van der Waals surface area (Å²) in [7, 11) is 0. The minimum atomic E-state index is -0.440. The van der Waals surface area contributed by atoms with Gasteiger partial charge in [0.05, 0.1) is 4.92 Å². The molecule has 1 saturated heterocycles. The van der Waals surface area contributed by atoms with Crippen LogP contribution in [-0.4, -0.2) is 48.5 Å². The Kier molecular flexibility index (Phi) is 4.85. The summed E-state index contributed by atoms with van der Waals surface area (Å²) >= 11 is 0. The van der Waals surface area contributed by atoms with Crippen molar-refractivity contribution in [3.8, 4) is 0 Å². The summed E-state index contributed by atoms with van der Waals surface area (Å²) in [5.41, 5.74) is 3.00. The van der Waals surface area contributed by atoms with E-state index in [1.807, 2.05) is 4.90 Å². The maximum atomic E-state index is 13.5. The van der Waals surface area contributed by atoms with Crippen LogP contribution >= 0.6 is 0 Å². The van der Waals surface area contributed by atoms with Crippen molar-refractivity contribution in [2.24, 2.45) is 0 Å². The summed E-state index contributed by atoms with van der Waals surface area (Å²) in [6.07, 6.45) is 1.43. The maximum absolute atomic E-state index is 13.5. The number of fused-ring (bicyclic) bond motifs is 1. The molecule has 0 aliphatic carbocycles. The van der Waals surface area contributed by atoms with E-state index in [1.165, 1.54) is 18.2 Å². The van der Waals surface area contributed by atoms with Crippen LogP contribution in [0.2, 0.25) is 0 Å². The van der Waals surface area contributed by atoms with Gasteiger partial charge < -0.3 is 15.1 Å². The number of amides is 1. The lowest BCUT2D eigenvalue weighted by atomic mass is 10.1. The van der Waals surface area contributed by atoms with Crippen LogP contribution in [0.5, 0.6) is 0 Å². The number of nitro benzene ring substituents is 1. The molecule has 0 spiro atoms. The predicted molar refractivity (Wildman–Crippen MR) is 104 cm³/mol. The Bertz CT molecular complexity index is 934. The van der Waals surface area contributed by atoms with E-state index in [-0.39, 0.29) is 16.5 Å². The number of hydrogen-bond donors (Lipinski definition) is 1. The first-order valence-corrected chi connectivity index (χ1v) is 9.38. The van der Waals surface area contributed by atoms with Crippen LogP contribution in [0.25, 0.3) is 0 Å². The topological polar surface area (TPSA) is 78.7 Å². The van der Waals surface area contributed by atoms with Crippen molar-refractivity contribution < 1.29 is 14.1 Å². The Balaban J connectivity index is 1.58. The fraction of sp³-hybridized carbons (Fsp3) is 0.350. The third-order valence-electron chi connectivity index (χ3n) is 5.32. The van der Waals surface area contributed by atoms with Crippen LogP contribution < -0.4 is 10.2 Å². The van der Waals surface area contributed by atoms with E-state index in [0.717, 1.165) is 24.2 Å². The van der Waals surface area contributed by atoms with Crippen molar-refractivity contribution in [1.29, 1.82) is 0 Å². The standard InChI is InChI=1S/C20H21FN4O3/c21-15-4-1-3-14(13-15)20(26)24-10-2-9-23(11-12-24)19-16-7-8-22-17(16)5-6-18(19)25(27)28/h1,3-6,13,22H,2,7-12H2. The fourth-order valence-electron chi connectivity index (χ4n) is 4.01. The highest BCUT2D eigenvalue weighted by atomic mass is 19.1. The quantitative estimate of drug-likeness (QED) is 0.650. The number of carbonyl (C=O) groups excluding carboxylic acids is 1. The van der Waals surface area contributed by atoms with Gasteiger partial charge in [-0.25, -0.2) is 4.39 Å². The van der Waals surface area contributed by atoms with Crippen molar-refractivity contribution >= 4 is 23.0 Å². The smallest absolute Gasteiger partial charge is 0.292 e. The lowest BCUT2D eigenvalue weighted by molar-refractivity contribution is -0.384. The summed E-state index contributed by atoms with van der Waals surface area (Å²) in [5, 5.41) is 14.9. The first kappa shape index (κ1) is 18.2. The van der Waals surface area contributed by atoms with Crippen LogP contribution in [0.1, 0.15) is 22.3 Å². The largest absolute Gasteiger partial charge is 0.384 e. The van der Waals surface area contributed by atoms with Crippen molar-refractivity contribution in [3.05, 3.63) is 63.5 Å². The molecular formula is C20H21FN4O3. The zero-order valence-corrected chi connectivity index (χ0v) is 15.4. The third-order valence-corrected chi connectivity index (χ3v) is 5.32. The zero-order valence-electron chi connectivity index (χ0n) is 15.4. The molecule has 1 fully saturated rings. The monoisotopic (exact) mass is 384 g/mol. The molecule has 2 heterocycles. The second kappa shape index (κ2) is 7.46. The van der Waals surface area contributed by atoms with Gasteiger partial charge in [-0.05, 0) is 37.1 Å². The molecule has 0 unspecified atom stereocenters. The number of nitro groups is 1. The number of nitrogens with zero attached hydrogens (tertiary/aromatic N) is 3. The Morgan fingerprint density at radius 3 is 2.79 bits per heavy atom. The number of hydrogen-bond acceptors (Lipinski definition) is 5. The Labute approximate surface area is 161 Å². The molecule has 8 heteroatoms. The number of carbonyl (C=O) groups is 1. The van der Waals surface area contributed by atoms with E-state index in [0.29, 0.717) is 43.9 Å². The molecule has 0 radical (unpaired) electrons. The molecule has 4 rings (SSSR count). The molecule has 0 saturated carbocycles. The normalized spacial score (nSPS) is 16.3. The molecule has 7 nitrogen and oxygen atoms in total. The maximum Gasteiger partial charge on any atom is 0.292 e. The van der Waals surface area contributed by atoms with Gasteiger partial charge in [0.15, 0.2) is 0 Å². The Morgan fingerprint density at radius 1 is 1.14 bits per heavy atom. The number of halogens is 1. The van der Waals surface area contributed by atoms with Gasteiger partial charge >= 0.3 is 0 Å². The highest BCUT2D eigenvalue weighted by Crippen LogP contribution is 2.39. The molecule has 1 N–H and O–H groups in total.